The summed E-state index contributed by atoms with van der Waals surface area (Å²) >= 11 is 0. The van der Waals surface area contributed by atoms with E-state index in [-0.39, 0.29) is 0 Å². The zero-order valence-corrected chi connectivity index (χ0v) is 11.4. The average Bonchev–Trinajstić information content (AvgIpc) is 2.83. The van der Waals surface area contributed by atoms with Gasteiger partial charge >= 0.3 is 0 Å². The Balaban J connectivity index is 1.84. The highest BCUT2D eigenvalue weighted by Gasteiger charge is 2.30. The van der Waals surface area contributed by atoms with E-state index in [0.29, 0.717) is 11.5 Å². The topological polar surface area (TPSA) is 29.9 Å². The van der Waals surface area contributed by atoms with Crippen LogP contribution in [-0.2, 0) is 13.1 Å². The lowest BCUT2D eigenvalue weighted by Gasteiger charge is -2.18. The molecule has 0 bridgehead atoms. The average molecular weight is 235 g/mol. The van der Waals surface area contributed by atoms with Crippen molar-refractivity contribution < 1.29 is 0 Å². The minimum Gasteiger partial charge on any atom is -0.308 e. The predicted molar refractivity (Wildman–Crippen MR) is 70.8 cm³/mol. The first-order valence-electron chi connectivity index (χ1n) is 6.85. The third kappa shape index (κ3) is 3.32. The van der Waals surface area contributed by atoms with Gasteiger partial charge in [-0.3, -0.25) is 4.68 Å². The summed E-state index contributed by atoms with van der Waals surface area (Å²) in [5, 5.41) is 8.03. The fourth-order valence-electron chi connectivity index (χ4n) is 2.78. The normalized spacial score (nSPS) is 23.1. The summed E-state index contributed by atoms with van der Waals surface area (Å²) < 4.78 is 2.12. The molecule has 17 heavy (non-hydrogen) atoms. The van der Waals surface area contributed by atoms with E-state index in [4.69, 9.17) is 0 Å². The third-order valence-corrected chi connectivity index (χ3v) is 3.78. The van der Waals surface area contributed by atoms with Gasteiger partial charge in [0, 0.05) is 25.3 Å². The molecule has 3 heteroatoms. The minimum absolute atomic E-state index is 0.529. The van der Waals surface area contributed by atoms with Gasteiger partial charge in [0.1, 0.15) is 0 Å². The number of hydrogen-bond donors (Lipinski definition) is 1. The summed E-state index contributed by atoms with van der Waals surface area (Å²) in [6.45, 7) is 8.92. The van der Waals surface area contributed by atoms with Crippen LogP contribution < -0.4 is 5.32 Å². The van der Waals surface area contributed by atoms with Crippen molar-refractivity contribution >= 4 is 0 Å². The van der Waals surface area contributed by atoms with Crippen LogP contribution in [0.25, 0.3) is 0 Å². The molecule has 0 saturated heterocycles. The van der Waals surface area contributed by atoms with Gasteiger partial charge in [0.2, 0.25) is 0 Å². The number of aryl methyl sites for hydroxylation is 1. The highest BCUT2D eigenvalue weighted by atomic mass is 15.3. The Labute approximate surface area is 105 Å². The minimum atomic E-state index is 0.529. The molecule has 1 fully saturated rings. The highest BCUT2D eigenvalue weighted by Crippen LogP contribution is 2.36. The molecular formula is C14H25N3. The molecule has 3 nitrogen and oxygen atoms in total. The number of nitrogens with one attached hydrogen (secondary N) is 1. The van der Waals surface area contributed by atoms with E-state index in [2.05, 4.69) is 41.9 Å². The molecule has 1 aliphatic carbocycles. The molecule has 0 aliphatic heterocycles. The summed E-state index contributed by atoms with van der Waals surface area (Å²) in [7, 11) is 0. The van der Waals surface area contributed by atoms with Gasteiger partial charge in [0.15, 0.2) is 0 Å². The third-order valence-electron chi connectivity index (χ3n) is 3.78. The molecule has 0 amide bonds. The van der Waals surface area contributed by atoms with Crippen LogP contribution in [0.5, 0.6) is 0 Å². The Morgan fingerprint density at radius 1 is 1.53 bits per heavy atom. The van der Waals surface area contributed by atoms with Gasteiger partial charge in [0.05, 0.1) is 5.69 Å². The molecule has 1 aliphatic rings. The second kappa shape index (κ2) is 5.21. The molecule has 1 aromatic rings. The van der Waals surface area contributed by atoms with Crippen molar-refractivity contribution in [1.82, 2.24) is 15.1 Å². The molecule has 1 saturated carbocycles. The molecule has 1 atom stereocenters. The van der Waals surface area contributed by atoms with Gasteiger partial charge in [0.25, 0.3) is 0 Å². The first-order valence-corrected chi connectivity index (χ1v) is 6.85. The molecule has 96 valence electrons. The molecule has 1 unspecified atom stereocenters. The summed E-state index contributed by atoms with van der Waals surface area (Å²) in [5.74, 6) is 0. The maximum atomic E-state index is 4.36. The van der Waals surface area contributed by atoms with Crippen molar-refractivity contribution in [3.8, 4) is 0 Å². The molecule has 0 spiro atoms. The summed E-state index contributed by atoms with van der Waals surface area (Å²) in [5.41, 5.74) is 1.85. The lowest BCUT2D eigenvalue weighted by atomic mass is 9.92. The van der Waals surface area contributed by atoms with E-state index in [1.54, 1.807) is 0 Å². The predicted octanol–water partition coefficient (Wildman–Crippen LogP) is 2.96. The van der Waals surface area contributed by atoms with Crippen LogP contribution in [0.4, 0.5) is 0 Å². The zero-order chi connectivity index (χ0) is 12.3. The first kappa shape index (κ1) is 12.6. The van der Waals surface area contributed by atoms with Crippen molar-refractivity contribution in [2.45, 2.75) is 65.6 Å². The van der Waals surface area contributed by atoms with E-state index >= 15 is 0 Å². The highest BCUT2D eigenvalue weighted by molar-refractivity contribution is 5.01. The number of hydrogen-bond acceptors (Lipinski definition) is 2. The quantitative estimate of drug-likeness (QED) is 0.850. The first-order chi connectivity index (χ1) is 8.11. The van der Waals surface area contributed by atoms with Gasteiger partial charge in [-0.15, -0.1) is 0 Å². The molecule has 1 aromatic heterocycles. The van der Waals surface area contributed by atoms with E-state index in [9.17, 15) is 0 Å². The van der Waals surface area contributed by atoms with Gasteiger partial charge in [-0.2, -0.15) is 5.10 Å². The van der Waals surface area contributed by atoms with E-state index in [1.165, 1.54) is 25.0 Å². The molecule has 0 radical (unpaired) electrons. The van der Waals surface area contributed by atoms with Gasteiger partial charge in [-0.25, -0.2) is 0 Å². The Bertz CT molecular complexity index is 354. The monoisotopic (exact) mass is 235 g/mol. The Morgan fingerprint density at radius 2 is 2.35 bits per heavy atom. The summed E-state index contributed by atoms with van der Waals surface area (Å²) in [6.07, 6.45) is 7.01. The largest absolute Gasteiger partial charge is 0.308 e. The lowest BCUT2D eigenvalue weighted by Crippen LogP contribution is -2.28. The van der Waals surface area contributed by atoms with Crippen molar-refractivity contribution in [3.63, 3.8) is 0 Å². The molecular weight excluding hydrogens is 210 g/mol. The van der Waals surface area contributed by atoms with Crippen LogP contribution in [0.1, 0.15) is 52.1 Å². The number of aromatic nitrogens is 2. The summed E-state index contributed by atoms with van der Waals surface area (Å²) in [6, 6.07) is 2.82. The summed E-state index contributed by atoms with van der Waals surface area (Å²) in [4.78, 5) is 0. The van der Waals surface area contributed by atoms with Crippen LogP contribution in [-0.4, -0.2) is 15.8 Å². The fraction of sp³-hybridized carbons (Fsp3) is 0.786. The maximum absolute atomic E-state index is 4.36. The zero-order valence-electron chi connectivity index (χ0n) is 11.4. The van der Waals surface area contributed by atoms with Gasteiger partial charge < -0.3 is 5.32 Å². The van der Waals surface area contributed by atoms with Crippen LogP contribution in [0.2, 0.25) is 0 Å². The van der Waals surface area contributed by atoms with Crippen LogP contribution in [0.3, 0.4) is 0 Å². The SMILES string of the molecule is CCCn1nccc1CNC1CCC(C)(C)C1. The Hall–Kier alpha value is -0.830. The van der Waals surface area contributed by atoms with Crippen molar-refractivity contribution in [3.05, 3.63) is 18.0 Å². The van der Waals surface area contributed by atoms with Crippen molar-refractivity contribution in [1.29, 1.82) is 0 Å². The molecule has 1 heterocycles. The molecule has 0 aromatic carbocycles. The number of nitrogens with zero attached hydrogens (tertiary/aromatic N) is 2. The van der Waals surface area contributed by atoms with Gasteiger partial charge in [-0.1, -0.05) is 20.8 Å². The number of rotatable bonds is 5. The maximum Gasteiger partial charge on any atom is 0.0522 e. The molecule has 1 N–H and O–H groups in total. The Morgan fingerprint density at radius 3 is 3.00 bits per heavy atom. The van der Waals surface area contributed by atoms with Crippen LogP contribution >= 0.6 is 0 Å². The second-order valence-electron chi connectivity index (χ2n) is 6.03. The Kier molecular flexibility index (Phi) is 3.87. The van der Waals surface area contributed by atoms with Crippen LogP contribution in [0, 0.1) is 5.41 Å². The van der Waals surface area contributed by atoms with Gasteiger partial charge in [-0.05, 0) is 37.2 Å². The fourth-order valence-corrected chi connectivity index (χ4v) is 2.78. The lowest BCUT2D eigenvalue weighted by molar-refractivity contribution is 0.363. The molecule has 2 rings (SSSR count). The van der Waals surface area contributed by atoms with E-state index in [1.807, 2.05) is 6.20 Å². The standard InChI is InChI=1S/C14H25N3/c1-4-9-17-13(6-8-16-17)11-15-12-5-7-14(2,3)10-12/h6,8,12,15H,4-5,7,9-11H2,1-3H3. The second-order valence-corrected chi connectivity index (χ2v) is 6.03. The van der Waals surface area contributed by atoms with E-state index in [0.717, 1.165) is 19.5 Å². The van der Waals surface area contributed by atoms with E-state index < -0.39 is 0 Å². The smallest absolute Gasteiger partial charge is 0.0522 e. The van der Waals surface area contributed by atoms with Crippen LogP contribution in [0.15, 0.2) is 12.3 Å². The van der Waals surface area contributed by atoms with Crippen molar-refractivity contribution in [2.24, 2.45) is 5.41 Å². The van der Waals surface area contributed by atoms with Crippen molar-refractivity contribution in [2.75, 3.05) is 0 Å².